The Morgan fingerprint density at radius 1 is 1.00 bits per heavy atom. The molecule has 2 saturated heterocycles. The molecule has 2 atom stereocenters. The maximum absolute atomic E-state index is 13.0. The summed E-state index contributed by atoms with van der Waals surface area (Å²) in [6, 6.07) is 9.77. The molecule has 8 heteroatoms. The van der Waals surface area contributed by atoms with E-state index in [1.165, 1.54) is 12.7 Å². The zero-order valence-electron chi connectivity index (χ0n) is 18.6. The Bertz CT molecular complexity index is 852. The van der Waals surface area contributed by atoms with Crippen LogP contribution in [0.2, 0.25) is 0 Å². The van der Waals surface area contributed by atoms with Crippen LogP contribution in [0, 0.1) is 5.92 Å². The minimum absolute atomic E-state index is 0.00218. The van der Waals surface area contributed by atoms with E-state index in [1.54, 1.807) is 11.0 Å². The van der Waals surface area contributed by atoms with Gasteiger partial charge in [-0.1, -0.05) is 18.2 Å². The maximum atomic E-state index is 13.0. The third-order valence-corrected chi connectivity index (χ3v) is 6.44. The first-order valence-electron chi connectivity index (χ1n) is 11.8. The van der Waals surface area contributed by atoms with E-state index in [4.69, 9.17) is 4.74 Å². The highest BCUT2D eigenvalue weighted by atomic mass is 16.5. The van der Waals surface area contributed by atoms with Crippen molar-refractivity contribution in [3.05, 3.63) is 43.0 Å². The summed E-state index contributed by atoms with van der Waals surface area (Å²) in [7, 11) is 0. The fourth-order valence-electron chi connectivity index (χ4n) is 4.66. The van der Waals surface area contributed by atoms with Crippen LogP contribution >= 0.6 is 0 Å². The van der Waals surface area contributed by atoms with Crippen molar-refractivity contribution in [1.29, 1.82) is 0 Å². The third-order valence-electron chi connectivity index (χ3n) is 6.44. The Morgan fingerprint density at radius 3 is 2.56 bits per heavy atom. The molecule has 0 aliphatic carbocycles. The summed E-state index contributed by atoms with van der Waals surface area (Å²) in [6.07, 6.45) is 8.82. The molecular weight excluding hydrogens is 406 g/mol. The number of carbonyl (C=O) groups is 2. The average Bonchev–Trinajstić information content (AvgIpc) is 3.35. The van der Waals surface area contributed by atoms with E-state index in [0.717, 1.165) is 44.5 Å². The lowest BCUT2D eigenvalue weighted by Gasteiger charge is -2.39. The number of likely N-dealkylation sites (tertiary alicyclic amines) is 2. The van der Waals surface area contributed by atoms with Gasteiger partial charge in [0.25, 0.3) is 0 Å². The second kappa shape index (κ2) is 11.1. The number of nitrogens with zero attached hydrogens (tertiary/aromatic N) is 5. The number of amides is 2. The van der Waals surface area contributed by atoms with Gasteiger partial charge in [-0.25, -0.2) is 4.98 Å². The van der Waals surface area contributed by atoms with Crippen molar-refractivity contribution < 1.29 is 14.3 Å². The molecule has 0 saturated carbocycles. The standard InChI is InChI=1S/C24H33N5O3/c30-23(10-7-14-29-19-25-18-26-29)28-15-11-22(32-21-8-3-1-4-9-21)20(17-28)16-24(31)27-12-5-2-6-13-27/h1,3-4,8-9,18-20,22H,2,5-7,10-17H2/t20-,22-/m0/s1. The van der Waals surface area contributed by atoms with Gasteiger partial charge in [0.1, 0.15) is 24.5 Å². The summed E-state index contributed by atoms with van der Waals surface area (Å²) in [4.78, 5) is 33.7. The van der Waals surface area contributed by atoms with Crippen LogP contribution in [-0.2, 0) is 16.1 Å². The predicted octanol–water partition coefficient (Wildman–Crippen LogP) is 2.76. The number of ether oxygens (including phenoxy) is 1. The van der Waals surface area contributed by atoms with E-state index in [-0.39, 0.29) is 23.8 Å². The molecule has 32 heavy (non-hydrogen) atoms. The zero-order valence-corrected chi connectivity index (χ0v) is 18.6. The van der Waals surface area contributed by atoms with Gasteiger partial charge in [-0.3, -0.25) is 14.3 Å². The van der Waals surface area contributed by atoms with Crippen LogP contribution in [0.15, 0.2) is 43.0 Å². The Kier molecular flexibility index (Phi) is 7.74. The van der Waals surface area contributed by atoms with Crippen LogP contribution < -0.4 is 4.74 Å². The Labute approximate surface area is 189 Å². The molecule has 1 aromatic heterocycles. The molecule has 4 rings (SSSR count). The number of aromatic nitrogens is 3. The number of hydrogen-bond acceptors (Lipinski definition) is 5. The molecule has 8 nitrogen and oxygen atoms in total. The molecule has 1 aromatic carbocycles. The van der Waals surface area contributed by atoms with Crippen molar-refractivity contribution in [3.8, 4) is 5.75 Å². The fourth-order valence-corrected chi connectivity index (χ4v) is 4.66. The number of benzene rings is 1. The molecule has 0 spiro atoms. The van der Waals surface area contributed by atoms with Crippen molar-refractivity contribution in [3.63, 3.8) is 0 Å². The quantitative estimate of drug-likeness (QED) is 0.632. The van der Waals surface area contributed by atoms with Gasteiger partial charge >= 0.3 is 0 Å². The number of hydrogen-bond donors (Lipinski definition) is 0. The van der Waals surface area contributed by atoms with Gasteiger partial charge in [-0.2, -0.15) is 5.10 Å². The highest BCUT2D eigenvalue weighted by Crippen LogP contribution is 2.27. The largest absolute Gasteiger partial charge is 0.490 e. The molecule has 3 heterocycles. The van der Waals surface area contributed by atoms with Gasteiger partial charge in [-0.15, -0.1) is 0 Å². The molecule has 172 valence electrons. The summed E-state index contributed by atoms with van der Waals surface area (Å²) in [5.74, 6) is 1.15. The molecule has 2 aliphatic heterocycles. The van der Waals surface area contributed by atoms with Crippen LogP contribution in [0.4, 0.5) is 0 Å². The van der Waals surface area contributed by atoms with Crippen molar-refractivity contribution in [2.24, 2.45) is 5.92 Å². The molecule has 0 radical (unpaired) electrons. The number of carbonyl (C=O) groups excluding carboxylic acids is 2. The van der Waals surface area contributed by atoms with Crippen molar-refractivity contribution in [1.82, 2.24) is 24.6 Å². The van der Waals surface area contributed by atoms with Crippen LogP contribution in [0.25, 0.3) is 0 Å². The summed E-state index contributed by atoms with van der Waals surface area (Å²) in [5.41, 5.74) is 0. The summed E-state index contributed by atoms with van der Waals surface area (Å²) in [6.45, 7) is 3.60. The van der Waals surface area contributed by atoms with Gasteiger partial charge in [0.15, 0.2) is 0 Å². The molecule has 0 bridgehead atoms. The normalized spacial score (nSPS) is 21.4. The Hall–Kier alpha value is -2.90. The zero-order chi connectivity index (χ0) is 22.2. The summed E-state index contributed by atoms with van der Waals surface area (Å²) < 4.78 is 8.03. The molecule has 2 amide bonds. The Morgan fingerprint density at radius 2 is 1.81 bits per heavy atom. The molecule has 2 aromatic rings. The fraction of sp³-hybridized carbons (Fsp3) is 0.583. The van der Waals surface area contributed by atoms with E-state index in [9.17, 15) is 9.59 Å². The van der Waals surface area contributed by atoms with E-state index in [0.29, 0.717) is 32.5 Å². The number of piperidine rings is 2. The molecular formula is C24H33N5O3. The van der Waals surface area contributed by atoms with Crippen LogP contribution in [0.3, 0.4) is 0 Å². The second-order valence-electron chi connectivity index (χ2n) is 8.77. The lowest BCUT2D eigenvalue weighted by Crippen LogP contribution is -2.49. The topological polar surface area (TPSA) is 80.6 Å². The van der Waals surface area contributed by atoms with Crippen molar-refractivity contribution in [2.75, 3.05) is 26.2 Å². The predicted molar refractivity (Wildman–Crippen MR) is 120 cm³/mol. The molecule has 0 unspecified atom stereocenters. The van der Waals surface area contributed by atoms with Gasteiger partial charge in [0.05, 0.1) is 0 Å². The van der Waals surface area contributed by atoms with Gasteiger partial charge < -0.3 is 14.5 Å². The first-order chi connectivity index (χ1) is 15.7. The Balaban J connectivity index is 1.36. The first kappa shape index (κ1) is 22.3. The minimum Gasteiger partial charge on any atom is -0.490 e. The third kappa shape index (κ3) is 6.08. The molecule has 2 aliphatic rings. The molecule has 2 fully saturated rings. The van der Waals surface area contributed by atoms with Crippen molar-refractivity contribution >= 4 is 11.8 Å². The number of aryl methyl sites for hydroxylation is 1. The lowest BCUT2D eigenvalue weighted by molar-refractivity contribution is -0.139. The van der Waals surface area contributed by atoms with E-state index in [2.05, 4.69) is 10.1 Å². The number of para-hydroxylation sites is 1. The van der Waals surface area contributed by atoms with E-state index >= 15 is 0 Å². The second-order valence-corrected chi connectivity index (χ2v) is 8.77. The van der Waals surface area contributed by atoms with Crippen LogP contribution in [0.5, 0.6) is 5.75 Å². The van der Waals surface area contributed by atoms with E-state index in [1.807, 2.05) is 40.1 Å². The minimum atomic E-state index is -0.0645. The maximum Gasteiger partial charge on any atom is 0.223 e. The van der Waals surface area contributed by atoms with Crippen LogP contribution in [-0.4, -0.2) is 68.7 Å². The monoisotopic (exact) mass is 439 g/mol. The number of rotatable bonds is 8. The van der Waals surface area contributed by atoms with Crippen LogP contribution in [0.1, 0.15) is 44.9 Å². The highest BCUT2D eigenvalue weighted by Gasteiger charge is 2.35. The van der Waals surface area contributed by atoms with Gasteiger partial charge in [-0.05, 0) is 37.8 Å². The first-order valence-corrected chi connectivity index (χ1v) is 11.8. The lowest BCUT2D eigenvalue weighted by atomic mass is 9.90. The summed E-state index contributed by atoms with van der Waals surface area (Å²) in [5, 5.41) is 4.09. The smallest absolute Gasteiger partial charge is 0.223 e. The van der Waals surface area contributed by atoms with Gasteiger partial charge in [0.2, 0.25) is 11.8 Å². The summed E-state index contributed by atoms with van der Waals surface area (Å²) >= 11 is 0. The SMILES string of the molecule is O=C(C[C@H]1CN(C(=O)CCCn2cncn2)CC[C@@H]1Oc1ccccc1)N1CCCCC1. The highest BCUT2D eigenvalue weighted by molar-refractivity contribution is 5.78. The van der Waals surface area contributed by atoms with Gasteiger partial charge in [0, 0.05) is 57.9 Å². The van der Waals surface area contributed by atoms with E-state index < -0.39 is 0 Å². The van der Waals surface area contributed by atoms with Crippen molar-refractivity contribution in [2.45, 2.75) is 57.6 Å². The average molecular weight is 440 g/mol. The molecule has 0 N–H and O–H groups in total.